The highest BCUT2D eigenvalue weighted by Crippen LogP contribution is 2.20. The van der Waals surface area contributed by atoms with Gasteiger partial charge < -0.3 is 4.74 Å². The Kier molecular flexibility index (Phi) is 4.39. The van der Waals surface area contributed by atoms with E-state index in [-0.39, 0.29) is 0 Å². The molecule has 0 saturated carbocycles. The zero-order valence-electron chi connectivity index (χ0n) is 12.8. The fourth-order valence-corrected chi connectivity index (χ4v) is 3.46. The molecule has 1 aromatic carbocycles. The molecule has 3 nitrogen and oxygen atoms in total. The van der Waals surface area contributed by atoms with Crippen LogP contribution in [0.5, 0.6) is 0 Å². The Labute approximate surface area is 122 Å². The van der Waals surface area contributed by atoms with Crippen LogP contribution in [0, 0.1) is 13.8 Å². The van der Waals surface area contributed by atoms with Gasteiger partial charge in [0.15, 0.2) is 0 Å². The van der Waals surface area contributed by atoms with Crippen molar-refractivity contribution in [3.05, 3.63) is 34.9 Å². The minimum Gasteiger partial charge on any atom is -0.379 e. The molecule has 2 saturated heterocycles. The Balaban J connectivity index is 1.57. The smallest absolute Gasteiger partial charge is 0.0594 e. The van der Waals surface area contributed by atoms with E-state index in [0.29, 0.717) is 0 Å². The average Bonchev–Trinajstić information content (AvgIpc) is 2.92. The Bertz CT molecular complexity index is 454. The maximum atomic E-state index is 5.45. The number of rotatable bonds is 3. The molecular weight excluding hydrogens is 248 g/mol. The van der Waals surface area contributed by atoms with Crippen molar-refractivity contribution in [3.8, 4) is 0 Å². The molecule has 2 aliphatic heterocycles. The molecule has 3 rings (SSSR count). The first-order valence-corrected chi connectivity index (χ1v) is 7.82. The second-order valence-electron chi connectivity index (χ2n) is 6.26. The first kappa shape index (κ1) is 14.1. The maximum Gasteiger partial charge on any atom is 0.0594 e. The van der Waals surface area contributed by atoms with E-state index >= 15 is 0 Å². The number of aryl methyl sites for hydroxylation is 2. The van der Waals surface area contributed by atoms with Crippen molar-refractivity contribution in [1.29, 1.82) is 0 Å². The molecule has 1 atom stereocenters. The van der Waals surface area contributed by atoms with Gasteiger partial charge in [-0.2, -0.15) is 0 Å². The summed E-state index contributed by atoms with van der Waals surface area (Å²) in [6.45, 7) is 12.0. The fourth-order valence-electron chi connectivity index (χ4n) is 3.46. The zero-order valence-corrected chi connectivity index (χ0v) is 12.8. The second kappa shape index (κ2) is 6.25. The van der Waals surface area contributed by atoms with Crippen molar-refractivity contribution < 1.29 is 4.74 Å². The lowest BCUT2D eigenvalue weighted by molar-refractivity contribution is 0.0184. The molecular formula is C17H26N2O. The zero-order chi connectivity index (χ0) is 13.9. The molecule has 20 heavy (non-hydrogen) atoms. The van der Waals surface area contributed by atoms with Crippen LogP contribution in [0.2, 0.25) is 0 Å². The summed E-state index contributed by atoms with van der Waals surface area (Å²) in [5, 5.41) is 0. The van der Waals surface area contributed by atoms with Crippen molar-refractivity contribution in [2.45, 2.75) is 32.9 Å². The van der Waals surface area contributed by atoms with E-state index in [1.54, 1.807) is 0 Å². The Morgan fingerprint density at radius 1 is 1.15 bits per heavy atom. The van der Waals surface area contributed by atoms with Crippen LogP contribution in [0.4, 0.5) is 0 Å². The summed E-state index contributed by atoms with van der Waals surface area (Å²) in [5.74, 6) is 0. The average molecular weight is 274 g/mol. The van der Waals surface area contributed by atoms with Crippen LogP contribution < -0.4 is 0 Å². The SMILES string of the molecule is Cc1ccc(CN2CC[C@@H](N3CCOCC3)C2)c(C)c1. The normalized spacial score (nSPS) is 25.2. The highest BCUT2D eigenvalue weighted by atomic mass is 16.5. The summed E-state index contributed by atoms with van der Waals surface area (Å²) >= 11 is 0. The molecule has 3 heteroatoms. The molecule has 0 bridgehead atoms. The first-order valence-electron chi connectivity index (χ1n) is 7.82. The molecule has 0 aromatic heterocycles. The summed E-state index contributed by atoms with van der Waals surface area (Å²) in [6, 6.07) is 7.57. The largest absolute Gasteiger partial charge is 0.379 e. The van der Waals surface area contributed by atoms with Gasteiger partial charge in [-0.15, -0.1) is 0 Å². The third kappa shape index (κ3) is 3.22. The van der Waals surface area contributed by atoms with Gasteiger partial charge in [0.25, 0.3) is 0 Å². The molecule has 0 amide bonds. The van der Waals surface area contributed by atoms with Crippen molar-refractivity contribution in [2.24, 2.45) is 0 Å². The van der Waals surface area contributed by atoms with Crippen molar-refractivity contribution in [2.75, 3.05) is 39.4 Å². The molecule has 0 aliphatic carbocycles. The molecule has 0 spiro atoms. The molecule has 2 aliphatic rings. The molecule has 1 aromatic rings. The summed E-state index contributed by atoms with van der Waals surface area (Å²) < 4.78 is 5.45. The van der Waals surface area contributed by atoms with Crippen molar-refractivity contribution in [3.63, 3.8) is 0 Å². The lowest BCUT2D eigenvalue weighted by Gasteiger charge is -2.32. The molecule has 2 fully saturated rings. The Hall–Kier alpha value is -0.900. The summed E-state index contributed by atoms with van der Waals surface area (Å²) in [4.78, 5) is 5.23. The lowest BCUT2D eigenvalue weighted by Crippen LogP contribution is -2.44. The van der Waals surface area contributed by atoms with Gasteiger partial charge in [-0.3, -0.25) is 9.80 Å². The summed E-state index contributed by atoms with van der Waals surface area (Å²) in [6.07, 6.45) is 1.31. The van der Waals surface area contributed by atoms with Crippen LogP contribution in [0.3, 0.4) is 0 Å². The van der Waals surface area contributed by atoms with Crippen molar-refractivity contribution >= 4 is 0 Å². The van der Waals surface area contributed by atoms with Gasteiger partial charge in [-0.05, 0) is 31.4 Å². The minimum absolute atomic E-state index is 0.740. The molecule has 110 valence electrons. The topological polar surface area (TPSA) is 15.7 Å². The van der Waals surface area contributed by atoms with Crippen molar-refractivity contribution in [1.82, 2.24) is 9.80 Å². The minimum atomic E-state index is 0.740. The number of benzene rings is 1. The Morgan fingerprint density at radius 2 is 1.95 bits per heavy atom. The standard InChI is InChI=1S/C17H26N2O/c1-14-3-4-16(15(2)11-14)12-18-6-5-17(13-18)19-7-9-20-10-8-19/h3-4,11,17H,5-10,12-13H2,1-2H3/t17-/m1/s1. The lowest BCUT2D eigenvalue weighted by atomic mass is 10.1. The van der Waals surface area contributed by atoms with Crippen LogP contribution >= 0.6 is 0 Å². The van der Waals surface area contributed by atoms with Gasteiger partial charge in [0.05, 0.1) is 13.2 Å². The maximum absolute atomic E-state index is 5.45. The third-order valence-electron chi connectivity index (χ3n) is 4.70. The van der Waals surface area contributed by atoms with Gasteiger partial charge in [-0.1, -0.05) is 23.8 Å². The van der Waals surface area contributed by atoms with Crippen LogP contribution in [-0.4, -0.2) is 55.2 Å². The van der Waals surface area contributed by atoms with Crippen LogP contribution in [-0.2, 0) is 11.3 Å². The molecule has 0 N–H and O–H groups in total. The van der Waals surface area contributed by atoms with Gasteiger partial charge in [0.2, 0.25) is 0 Å². The highest BCUT2D eigenvalue weighted by molar-refractivity contribution is 5.30. The molecule has 0 radical (unpaired) electrons. The fraction of sp³-hybridized carbons (Fsp3) is 0.647. The quantitative estimate of drug-likeness (QED) is 0.840. The van der Waals surface area contributed by atoms with E-state index in [1.807, 2.05) is 0 Å². The number of nitrogens with zero attached hydrogens (tertiary/aromatic N) is 2. The number of ether oxygens (including phenoxy) is 1. The van der Waals surface area contributed by atoms with Crippen LogP contribution in [0.25, 0.3) is 0 Å². The van der Waals surface area contributed by atoms with E-state index in [0.717, 1.165) is 38.9 Å². The highest BCUT2D eigenvalue weighted by Gasteiger charge is 2.28. The summed E-state index contributed by atoms with van der Waals surface area (Å²) in [5.41, 5.74) is 4.27. The van der Waals surface area contributed by atoms with Gasteiger partial charge in [0, 0.05) is 38.8 Å². The Morgan fingerprint density at radius 3 is 2.70 bits per heavy atom. The van der Waals surface area contributed by atoms with Crippen LogP contribution in [0.15, 0.2) is 18.2 Å². The number of likely N-dealkylation sites (tertiary alicyclic amines) is 1. The summed E-state index contributed by atoms with van der Waals surface area (Å²) in [7, 11) is 0. The van der Waals surface area contributed by atoms with E-state index in [4.69, 9.17) is 4.74 Å². The molecule has 0 unspecified atom stereocenters. The number of hydrogen-bond acceptors (Lipinski definition) is 3. The van der Waals surface area contributed by atoms with E-state index < -0.39 is 0 Å². The monoisotopic (exact) mass is 274 g/mol. The van der Waals surface area contributed by atoms with E-state index in [9.17, 15) is 0 Å². The first-order chi connectivity index (χ1) is 9.72. The van der Waals surface area contributed by atoms with Gasteiger partial charge in [0.1, 0.15) is 0 Å². The van der Waals surface area contributed by atoms with Crippen LogP contribution in [0.1, 0.15) is 23.1 Å². The van der Waals surface area contributed by atoms with Gasteiger partial charge in [-0.25, -0.2) is 0 Å². The second-order valence-corrected chi connectivity index (χ2v) is 6.26. The number of morpholine rings is 1. The van der Waals surface area contributed by atoms with Gasteiger partial charge >= 0.3 is 0 Å². The molecule has 2 heterocycles. The van der Waals surface area contributed by atoms with E-state index in [1.165, 1.54) is 36.2 Å². The predicted octanol–water partition coefficient (Wildman–Crippen LogP) is 2.21. The predicted molar refractivity (Wildman–Crippen MR) is 82.0 cm³/mol. The van der Waals surface area contributed by atoms with E-state index in [2.05, 4.69) is 41.8 Å². The number of hydrogen-bond donors (Lipinski definition) is 0. The third-order valence-corrected chi connectivity index (χ3v) is 4.70.